The minimum atomic E-state index is -0.375. The molecule has 1 aromatic carbocycles. The van der Waals surface area contributed by atoms with Gasteiger partial charge in [0, 0.05) is 6.92 Å². The van der Waals surface area contributed by atoms with E-state index in [-0.39, 0.29) is 11.7 Å². The molecule has 0 atom stereocenters. The molecule has 116 valence electrons. The molecule has 0 aliphatic heterocycles. The molecule has 6 nitrogen and oxygen atoms in total. The van der Waals surface area contributed by atoms with Crippen LogP contribution >= 0.6 is 11.3 Å². The first-order valence-corrected chi connectivity index (χ1v) is 7.29. The summed E-state index contributed by atoms with van der Waals surface area (Å²) in [5.74, 6) is 0.526. The monoisotopic (exact) mass is 320 g/mol. The molecule has 0 spiro atoms. The van der Waals surface area contributed by atoms with Gasteiger partial charge in [-0.2, -0.15) is 0 Å². The number of benzene rings is 1. The van der Waals surface area contributed by atoms with E-state index >= 15 is 0 Å². The fraction of sp³-hybridized carbons (Fsp3) is 0.267. The zero-order valence-corrected chi connectivity index (χ0v) is 13.5. The molecule has 0 radical (unpaired) electrons. The number of aromatic nitrogens is 1. The number of ketones is 1. The molecule has 22 heavy (non-hydrogen) atoms. The Morgan fingerprint density at radius 1 is 1.23 bits per heavy atom. The Balaban J connectivity index is 2.29. The summed E-state index contributed by atoms with van der Waals surface area (Å²) in [7, 11) is 3.01. The predicted octanol–water partition coefficient (Wildman–Crippen LogP) is 2.92. The number of nitrogens with one attached hydrogen (secondary N) is 1. The van der Waals surface area contributed by atoms with Gasteiger partial charge in [-0.15, -0.1) is 0 Å². The first kappa shape index (κ1) is 16.0. The fourth-order valence-corrected chi connectivity index (χ4v) is 2.79. The Morgan fingerprint density at radius 2 is 1.95 bits per heavy atom. The van der Waals surface area contributed by atoms with Crippen molar-refractivity contribution < 1.29 is 19.1 Å². The Morgan fingerprint density at radius 3 is 2.50 bits per heavy atom. The number of carbonyl (C=O) groups excluding carboxylic acids is 2. The van der Waals surface area contributed by atoms with Crippen LogP contribution in [0.15, 0.2) is 18.2 Å². The van der Waals surface area contributed by atoms with Crippen LogP contribution in [0, 0.1) is 6.92 Å². The number of thiazole rings is 1. The summed E-state index contributed by atoms with van der Waals surface area (Å²) in [6.07, 6.45) is 0. The second kappa shape index (κ2) is 6.57. The van der Waals surface area contributed by atoms with Crippen LogP contribution in [-0.4, -0.2) is 30.9 Å². The van der Waals surface area contributed by atoms with Gasteiger partial charge in [0.05, 0.1) is 30.4 Å². The van der Waals surface area contributed by atoms with Gasteiger partial charge in [-0.05, 0) is 25.1 Å². The van der Waals surface area contributed by atoms with Gasteiger partial charge in [-0.1, -0.05) is 11.3 Å². The summed E-state index contributed by atoms with van der Waals surface area (Å²) >= 11 is 1.15. The van der Waals surface area contributed by atoms with Gasteiger partial charge in [-0.3, -0.25) is 14.9 Å². The SMILES string of the molecule is COc1ccc(OC)c(C(=O)Nc2nc(C)c(C(C)=O)s2)c1. The molecular formula is C15H16N2O4S. The molecule has 2 rings (SSSR count). The highest BCUT2D eigenvalue weighted by Crippen LogP contribution is 2.27. The highest BCUT2D eigenvalue weighted by Gasteiger charge is 2.17. The van der Waals surface area contributed by atoms with Crippen molar-refractivity contribution in [3.8, 4) is 11.5 Å². The summed E-state index contributed by atoms with van der Waals surface area (Å²) in [6.45, 7) is 3.20. The maximum Gasteiger partial charge on any atom is 0.261 e. The van der Waals surface area contributed by atoms with Crippen molar-refractivity contribution >= 4 is 28.2 Å². The number of hydrogen-bond donors (Lipinski definition) is 1. The van der Waals surface area contributed by atoms with Crippen molar-refractivity contribution in [2.45, 2.75) is 13.8 Å². The smallest absolute Gasteiger partial charge is 0.261 e. The standard InChI is InChI=1S/C15H16N2O4S/c1-8-13(9(2)18)22-15(16-8)17-14(19)11-7-10(20-3)5-6-12(11)21-4/h5-7H,1-4H3,(H,16,17,19). The lowest BCUT2D eigenvalue weighted by molar-refractivity contribution is 0.101. The molecular weight excluding hydrogens is 304 g/mol. The van der Waals surface area contributed by atoms with E-state index in [1.807, 2.05) is 0 Å². The number of methoxy groups -OCH3 is 2. The van der Waals surface area contributed by atoms with E-state index in [4.69, 9.17) is 9.47 Å². The fourth-order valence-electron chi connectivity index (χ4n) is 1.93. The van der Waals surface area contributed by atoms with E-state index in [1.54, 1.807) is 25.1 Å². The molecule has 1 heterocycles. The van der Waals surface area contributed by atoms with Gasteiger partial charge in [0.25, 0.3) is 5.91 Å². The molecule has 1 amide bonds. The Hall–Kier alpha value is -2.41. The van der Waals surface area contributed by atoms with Crippen molar-refractivity contribution in [2.75, 3.05) is 19.5 Å². The molecule has 0 unspecified atom stereocenters. The van der Waals surface area contributed by atoms with E-state index in [2.05, 4.69) is 10.3 Å². The molecule has 0 bridgehead atoms. The largest absolute Gasteiger partial charge is 0.497 e. The van der Waals surface area contributed by atoms with E-state index in [0.717, 1.165) is 11.3 Å². The quantitative estimate of drug-likeness (QED) is 0.857. The molecule has 0 aliphatic rings. The predicted molar refractivity (Wildman–Crippen MR) is 84.4 cm³/mol. The van der Waals surface area contributed by atoms with Crippen LogP contribution in [0.2, 0.25) is 0 Å². The van der Waals surface area contributed by atoms with Crippen molar-refractivity contribution in [1.82, 2.24) is 4.98 Å². The van der Waals surface area contributed by atoms with Gasteiger partial charge >= 0.3 is 0 Å². The van der Waals surface area contributed by atoms with Crippen LogP contribution in [0.4, 0.5) is 5.13 Å². The third kappa shape index (κ3) is 3.25. The molecule has 2 aromatic rings. The molecule has 0 saturated heterocycles. The maximum atomic E-state index is 12.4. The minimum absolute atomic E-state index is 0.0746. The normalized spacial score (nSPS) is 10.2. The number of Topliss-reactive ketones (excluding diaryl/α,β-unsaturated/α-hetero) is 1. The summed E-state index contributed by atoms with van der Waals surface area (Å²) in [6, 6.07) is 4.94. The molecule has 1 N–H and O–H groups in total. The first-order chi connectivity index (χ1) is 10.5. The Bertz CT molecular complexity index is 724. The number of aryl methyl sites for hydroxylation is 1. The van der Waals surface area contributed by atoms with Gasteiger partial charge in [0.1, 0.15) is 11.5 Å². The molecule has 0 aliphatic carbocycles. The number of ether oxygens (including phenoxy) is 2. The average molecular weight is 320 g/mol. The van der Waals surface area contributed by atoms with Gasteiger partial charge in [0.2, 0.25) is 0 Å². The molecule has 0 fully saturated rings. The zero-order valence-electron chi connectivity index (χ0n) is 12.7. The van der Waals surface area contributed by atoms with Crippen LogP contribution in [0.3, 0.4) is 0 Å². The van der Waals surface area contributed by atoms with Gasteiger partial charge < -0.3 is 9.47 Å². The van der Waals surface area contributed by atoms with E-state index in [1.165, 1.54) is 21.1 Å². The lowest BCUT2D eigenvalue weighted by Gasteiger charge is -2.09. The van der Waals surface area contributed by atoms with Crippen LogP contribution in [0.1, 0.15) is 32.6 Å². The van der Waals surface area contributed by atoms with Crippen LogP contribution < -0.4 is 14.8 Å². The molecule has 1 aromatic heterocycles. The van der Waals surface area contributed by atoms with Crippen LogP contribution in [-0.2, 0) is 0 Å². The van der Waals surface area contributed by atoms with E-state index < -0.39 is 0 Å². The number of hydrogen-bond acceptors (Lipinski definition) is 6. The molecule has 0 saturated carbocycles. The van der Waals surface area contributed by atoms with Crippen molar-refractivity contribution in [2.24, 2.45) is 0 Å². The number of rotatable bonds is 5. The maximum absolute atomic E-state index is 12.4. The van der Waals surface area contributed by atoms with Crippen molar-refractivity contribution in [3.63, 3.8) is 0 Å². The molecule has 7 heteroatoms. The second-order valence-corrected chi connectivity index (χ2v) is 5.51. The highest BCUT2D eigenvalue weighted by molar-refractivity contribution is 7.17. The van der Waals surface area contributed by atoms with Crippen molar-refractivity contribution in [1.29, 1.82) is 0 Å². The summed E-state index contributed by atoms with van der Waals surface area (Å²) in [4.78, 5) is 28.6. The number of anilines is 1. The Labute approximate surface area is 132 Å². The second-order valence-electron chi connectivity index (χ2n) is 4.51. The van der Waals surface area contributed by atoms with E-state index in [0.29, 0.717) is 32.8 Å². The first-order valence-electron chi connectivity index (χ1n) is 6.48. The number of nitrogens with zero attached hydrogens (tertiary/aromatic N) is 1. The third-order valence-electron chi connectivity index (χ3n) is 2.99. The minimum Gasteiger partial charge on any atom is -0.497 e. The van der Waals surface area contributed by atoms with Crippen LogP contribution in [0.5, 0.6) is 11.5 Å². The van der Waals surface area contributed by atoms with Crippen LogP contribution in [0.25, 0.3) is 0 Å². The highest BCUT2D eigenvalue weighted by atomic mass is 32.1. The van der Waals surface area contributed by atoms with Gasteiger partial charge in [-0.25, -0.2) is 4.98 Å². The number of carbonyl (C=O) groups is 2. The summed E-state index contributed by atoms with van der Waals surface area (Å²) in [5, 5.41) is 3.05. The van der Waals surface area contributed by atoms with E-state index in [9.17, 15) is 9.59 Å². The number of amides is 1. The average Bonchev–Trinajstić information content (AvgIpc) is 2.87. The zero-order chi connectivity index (χ0) is 16.3. The topological polar surface area (TPSA) is 77.5 Å². The third-order valence-corrected chi connectivity index (χ3v) is 4.16. The lowest BCUT2D eigenvalue weighted by atomic mass is 10.1. The Kier molecular flexibility index (Phi) is 4.77. The van der Waals surface area contributed by atoms with Gasteiger partial charge in [0.15, 0.2) is 10.9 Å². The summed E-state index contributed by atoms with van der Waals surface area (Å²) < 4.78 is 10.3. The summed E-state index contributed by atoms with van der Waals surface area (Å²) in [5.41, 5.74) is 0.935. The van der Waals surface area contributed by atoms with Crippen molar-refractivity contribution in [3.05, 3.63) is 34.3 Å². The lowest BCUT2D eigenvalue weighted by Crippen LogP contribution is -2.13.